The third kappa shape index (κ3) is 3.01. The molecule has 0 aliphatic heterocycles. The van der Waals surface area contributed by atoms with Crippen molar-refractivity contribution in [3.05, 3.63) is 39.7 Å². The van der Waals surface area contributed by atoms with Crippen LogP contribution < -0.4 is 10.9 Å². The van der Waals surface area contributed by atoms with Crippen LogP contribution in [-0.4, -0.2) is 19.7 Å². The molecule has 6 nitrogen and oxygen atoms in total. The van der Waals surface area contributed by atoms with Crippen LogP contribution in [0.5, 0.6) is 0 Å². The summed E-state index contributed by atoms with van der Waals surface area (Å²) in [6.07, 6.45) is 1.82. The predicted octanol–water partition coefficient (Wildman–Crippen LogP) is 1.55. The van der Waals surface area contributed by atoms with Gasteiger partial charge < -0.3 is 10.3 Å². The van der Waals surface area contributed by atoms with Crippen molar-refractivity contribution in [3.8, 4) is 0 Å². The molecule has 2 rings (SSSR count). The molecular weight excluding hydrogens is 242 g/mol. The molecule has 0 aliphatic rings. The van der Waals surface area contributed by atoms with E-state index < -0.39 is 0 Å². The van der Waals surface area contributed by atoms with E-state index in [1.807, 2.05) is 38.7 Å². The van der Waals surface area contributed by atoms with Crippen molar-refractivity contribution in [1.82, 2.24) is 19.7 Å². The van der Waals surface area contributed by atoms with Gasteiger partial charge in [0, 0.05) is 36.8 Å². The lowest BCUT2D eigenvalue weighted by Crippen LogP contribution is -2.14. The lowest BCUT2D eigenvalue weighted by Gasteiger charge is -2.08. The molecule has 0 atom stereocenters. The van der Waals surface area contributed by atoms with Gasteiger partial charge in [0.05, 0.1) is 6.20 Å². The highest BCUT2D eigenvalue weighted by atomic mass is 16.1. The number of H-pyrrole nitrogens is 1. The first-order valence-electron chi connectivity index (χ1n) is 6.30. The van der Waals surface area contributed by atoms with E-state index in [-0.39, 0.29) is 11.5 Å². The SMILES string of the molecule is Cc1c(CNc2cc(=O)[nH]c(C(C)C)n2)cnn1C. The van der Waals surface area contributed by atoms with Gasteiger partial charge in [-0.2, -0.15) is 5.10 Å². The van der Waals surface area contributed by atoms with Crippen molar-refractivity contribution >= 4 is 5.82 Å². The second-order valence-electron chi connectivity index (χ2n) is 4.90. The van der Waals surface area contributed by atoms with Crippen LogP contribution in [0.15, 0.2) is 17.1 Å². The molecule has 0 amide bonds. The fraction of sp³-hybridized carbons (Fsp3) is 0.462. The lowest BCUT2D eigenvalue weighted by molar-refractivity contribution is 0.738. The Morgan fingerprint density at radius 3 is 2.79 bits per heavy atom. The van der Waals surface area contributed by atoms with Gasteiger partial charge in [0.25, 0.3) is 5.56 Å². The molecule has 102 valence electrons. The van der Waals surface area contributed by atoms with Gasteiger partial charge in [-0.3, -0.25) is 9.48 Å². The van der Waals surface area contributed by atoms with Crippen LogP contribution in [0.1, 0.15) is 36.8 Å². The summed E-state index contributed by atoms with van der Waals surface area (Å²) in [5.41, 5.74) is 2.06. The molecule has 0 spiro atoms. The van der Waals surface area contributed by atoms with Crippen LogP contribution >= 0.6 is 0 Å². The van der Waals surface area contributed by atoms with E-state index >= 15 is 0 Å². The molecule has 0 saturated carbocycles. The molecule has 2 heterocycles. The Kier molecular flexibility index (Phi) is 3.69. The van der Waals surface area contributed by atoms with E-state index in [0.29, 0.717) is 18.2 Å². The van der Waals surface area contributed by atoms with Gasteiger partial charge in [-0.15, -0.1) is 0 Å². The van der Waals surface area contributed by atoms with Crippen LogP contribution in [0.25, 0.3) is 0 Å². The van der Waals surface area contributed by atoms with Crippen molar-refractivity contribution in [3.63, 3.8) is 0 Å². The molecule has 0 unspecified atom stereocenters. The number of hydrogen-bond acceptors (Lipinski definition) is 4. The van der Waals surface area contributed by atoms with Crippen molar-refractivity contribution in [2.45, 2.75) is 33.2 Å². The summed E-state index contributed by atoms with van der Waals surface area (Å²) in [7, 11) is 1.90. The highest BCUT2D eigenvalue weighted by Gasteiger charge is 2.07. The topological polar surface area (TPSA) is 75.6 Å². The number of rotatable bonds is 4. The fourth-order valence-corrected chi connectivity index (χ4v) is 1.74. The van der Waals surface area contributed by atoms with Crippen LogP contribution in [0.4, 0.5) is 5.82 Å². The van der Waals surface area contributed by atoms with Gasteiger partial charge in [-0.05, 0) is 6.92 Å². The van der Waals surface area contributed by atoms with Crippen molar-refractivity contribution in [2.24, 2.45) is 7.05 Å². The first-order chi connectivity index (χ1) is 8.97. The first-order valence-corrected chi connectivity index (χ1v) is 6.30. The highest BCUT2D eigenvalue weighted by Crippen LogP contribution is 2.11. The molecule has 19 heavy (non-hydrogen) atoms. The van der Waals surface area contributed by atoms with Crippen LogP contribution in [0.2, 0.25) is 0 Å². The number of nitrogens with zero attached hydrogens (tertiary/aromatic N) is 3. The number of aromatic nitrogens is 4. The largest absolute Gasteiger partial charge is 0.366 e. The fourth-order valence-electron chi connectivity index (χ4n) is 1.74. The van der Waals surface area contributed by atoms with E-state index in [9.17, 15) is 4.79 Å². The average molecular weight is 261 g/mol. The smallest absolute Gasteiger partial charge is 0.252 e. The lowest BCUT2D eigenvalue weighted by atomic mass is 10.2. The van der Waals surface area contributed by atoms with E-state index in [1.165, 1.54) is 6.07 Å². The van der Waals surface area contributed by atoms with E-state index in [2.05, 4.69) is 20.4 Å². The quantitative estimate of drug-likeness (QED) is 0.875. The summed E-state index contributed by atoms with van der Waals surface area (Å²) in [4.78, 5) is 18.7. The maximum atomic E-state index is 11.5. The number of aromatic amines is 1. The third-order valence-corrected chi connectivity index (χ3v) is 3.10. The number of anilines is 1. The summed E-state index contributed by atoms with van der Waals surface area (Å²) in [5.74, 6) is 1.48. The molecule has 0 bridgehead atoms. The van der Waals surface area contributed by atoms with Crippen molar-refractivity contribution < 1.29 is 0 Å². The number of hydrogen-bond donors (Lipinski definition) is 2. The Balaban J connectivity index is 2.15. The summed E-state index contributed by atoms with van der Waals surface area (Å²) >= 11 is 0. The Labute approximate surface area is 111 Å². The van der Waals surface area contributed by atoms with Crippen LogP contribution in [0, 0.1) is 6.92 Å². The zero-order chi connectivity index (χ0) is 14.0. The Hall–Kier alpha value is -2.11. The minimum Gasteiger partial charge on any atom is -0.366 e. The average Bonchev–Trinajstić information content (AvgIpc) is 2.67. The first kappa shape index (κ1) is 13.3. The number of aryl methyl sites for hydroxylation is 1. The Morgan fingerprint density at radius 1 is 1.47 bits per heavy atom. The molecule has 6 heteroatoms. The highest BCUT2D eigenvalue weighted by molar-refractivity contribution is 5.35. The van der Waals surface area contributed by atoms with Gasteiger partial charge in [0.2, 0.25) is 0 Å². The molecule has 2 aromatic heterocycles. The van der Waals surface area contributed by atoms with Gasteiger partial charge in [0.1, 0.15) is 11.6 Å². The standard InChI is InChI=1S/C13H19N5O/c1-8(2)13-16-11(5-12(19)17-13)14-6-10-7-15-18(4)9(10)3/h5,7-8H,6H2,1-4H3,(H2,14,16,17,19). The molecule has 2 aromatic rings. The van der Waals surface area contributed by atoms with E-state index in [0.717, 1.165) is 11.3 Å². The zero-order valence-corrected chi connectivity index (χ0v) is 11.7. The summed E-state index contributed by atoms with van der Waals surface area (Å²) < 4.78 is 1.82. The van der Waals surface area contributed by atoms with Gasteiger partial charge in [0.15, 0.2) is 0 Å². The Bertz CT molecular complexity index is 626. The molecule has 0 fully saturated rings. The van der Waals surface area contributed by atoms with Crippen LogP contribution in [-0.2, 0) is 13.6 Å². The van der Waals surface area contributed by atoms with Gasteiger partial charge >= 0.3 is 0 Å². The maximum Gasteiger partial charge on any atom is 0.252 e. The molecule has 0 aromatic carbocycles. The van der Waals surface area contributed by atoms with Crippen LogP contribution in [0.3, 0.4) is 0 Å². The molecule has 0 aliphatic carbocycles. The molecule has 0 saturated heterocycles. The molecule has 2 N–H and O–H groups in total. The monoisotopic (exact) mass is 261 g/mol. The zero-order valence-electron chi connectivity index (χ0n) is 11.7. The predicted molar refractivity (Wildman–Crippen MR) is 74.2 cm³/mol. The van der Waals surface area contributed by atoms with Crippen molar-refractivity contribution in [1.29, 1.82) is 0 Å². The third-order valence-electron chi connectivity index (χ3n) is 3.10. The minimum atomic E-state index is -0.135. The molecule has 0 radical (unpaired) electrons. The second kappa shape index (κ2) is 5.26. The van der Waals surface area contributed by atoms with Gasteiger partial charge in [-0.25, -0.2) is 4.98 Å². The molecular formula is C13H19N5O. The number of nitrogens with one attached hydrogen (secondary N) is 2. The van der Waals surface area contributed by atoms with E-state index in [4.69, 9.17) is 0 Å². The van der Waals surface area contributed by atoms with Gasteiger partial charge in [-0.1, -0.05) is 13.8 Å². The van der Waals surface area contributed by atoms with E-state index in [1.54, 1.807) is 0 Å². The maximum absolute atomic E-state index is 11.5. The minimum absolute atomic E-state index is 0.135. The second-order valence-corrected chi connectivity index (χ2v) is 4.90. The Morgan fingerprint density at radius 2 is 2.21 bits per heavy atom. The summed E-state index contributed by atoms with van der Waals surface area (Å²) in [6.45, 7) is 6.60. The van der Waals surface area contributed by atoms with Crippen molar-refractivity contribution in [2.75, 3.05) is 5.32 Å². The summed E-state index contributed by atoms with van der Waals surface area (Å²) in [6, 6.07) is 1.47. The summed E-state index contributed by atoms with van der Waals surface area (Å²) in [5, 5.41) is 7.35. The normalized spacial score (nSPS) is 11.0.